The summed E-state index contributed by atoms with van der Waals surface area (Å²) in [6.45, 7) is 2.23. The number of ether oxygens (including phenoxy) is 1. The Kier molecular flexibility index (Phi) is 5.95. The molecular weight excluding hydrogens is 378 g/mol. The van der Waals surface area contributed by atoms with Crippen LogP contribution in [0.5, 0.6) is 5.75 Å². The van der Waals surface area contributed by atoms with Gasteiger partial charge in [-0.25, -0.2) is 5.01 Å². The summed E-state index contributed by atoms with van der Waals surface area (Å²) in [5, 5.41) is 9.51. The van der Waals surface area contributed by atoms with E-state index in [1.165, 1.54) is 0 Å². The van der Waals surface area contributed by atoms with Gasteiger partial charge in [0.25, 0.3) is 5.91 Å². The van der Waals surface area contributed by atoms with E-state index in [-0.39, 0.29) is 24.5 Å². The standard InChI is InChI=1S/C24H25N3O3/c1-17(18-7-4-3-5-8-18)25-16-24(28)27-22(23-9-6-14-30-23)15-21(26-27)19-10-12-20(29-2)13-11-19/h3-14,17,22,25H,15-16H2,1-2H3/t17-,22-/m1/s1. The molecule has 0 bridgehead atoms. The highest BCUT2D eigenvalue weighted by atomic mass is 16.5. The van der Waals surface area contributed by atoms with Crippen LogP contribution in [0.3, 0.4) is 0 Å². The van der Waals surface area contributed by atoms with Crippen molar-refractivity contribution in [1.82, 2.24) is 10.3 Å². The number of nitrogens with zero attached hydrogens (tertiary/aromatic N) is 2. The van der Waals surface area contributed by atoms with E-state index in [4.69, 9.17) is 9.15 Å². The van der Waals surface area contributed by atoms with Crippen LogP contribution in [0.15, 0.2) is 82.5 Å². The molecule has 0 spiro atoms. The number of hydrazone groups is 1. The molecule has 0 saturated heterocycles. The van der Waals surface area contributed by atoms with Gasteiger partial charge < -0.3 is 14.5 Å². The largest absolute Gasteiger partial charge is 0.497 e. The fourth-order valence-electron chi connectivity index (χ4n) is 3.58. The van der Waals surface area contributed by atoms with Crippen LogP contribution in [0.4, 0.5) is 0 Å². The zero-order valence-electron chi connectivity index (χ0n) is 17.1. The number of amides is 1. The predicted molar refractivity (Wildman–Crippen MR) is 115 cm³/mol. The minimum Gasteiger partial charge on any atom is -0.497 e. The number of rotatable bonds is 7. The van der Waals surface area contributed by atoms with E-state index in [0.717, 1.165) is 28.3 Å². The molecule has 6 heteroatoms. The van der Waals surface area contributed by atoms with Crippen molar-refractivity contribution in [3.05, 3.63) is 89.9 Å². The van der Waals surface area contributed by atoms with Gasteiger partial charge in [-0.3, -0.25) is 4.79 Å². The Bertz CT molecular complexity index is 998. The van der Waals surface area contributed by atoms with Gasteiger partial charge in [0, 0.05) is 12.5 Å². The summed E-state index contributed by atoms with van der Waals surface area (Å²) in [7, 11) is 1.64. The molecule has 0 radical (unpaired) electrons. The van der Waals surface area contributed by atoms with Gasteiger partial charge in [-0.15, -0.1) is 0 Å². The highest BCUT2D eigenvalue weighted by molar-refractivity contribution is 6.03. The van der Waals surface area contributed by atoms with Gasteiger partial charge >= 0.3 is 0 Å². The molecule has 0 saturated carbocycles. The number of methoxy groups -OCH3 is 1. The third-order valence-electron chi connectivity index (χ3n) is 5.32. The van der Waals surface area contributed by atoms with Crippen molar-refractivity contribution >= 4 is 11.6 Å². The third-order valence-corrected chi connectivity index (χ3v) is 5.32. The third kappa shape index (κ3) is 4.28. The zero-order valence-corrected chi connectivity index (χ0v) is 17.1. The first kappa shape index (κ1) is 19.9. The lowest BCUT2D eigenvalue weighted by molar-refractivity contribution is -0.132. The van der Waals surface area contributed by atoms with Crippen LogP contribution in [0, 0.1) is 0 Å². The maximum Gasteiger partial charge on any atom is 0.257 e. The van der Waals surface area contributed by atoms with Crippen molar-refractivity contribution < 1.29 is 13.9 Å². The number of nitrogens with one attached hydrogen (secondary N) is 1. The van der Waals surface area contributed by atoms with Crippen LogP contribution in [0.25, 0.3) is 0 Å². The molecule has 2 heterocycles. The van der Waals surface area contributed by atoms with E-state index < -0.39 is 0 Å². The number of hydrogen-bond acceptors (Lipinski definition) is 5. The average molecular weight is 403 g/mol. The molecule has 2 aromatic carbocycles. The Hall–Kier alpha value is -3.38. The van der Waals surface area contributed by atoms with Gasteiger partial charge in [-0.1, -0.05) is 30.3 Å². The number of furan rings is 1. The monoisotopic (exact) mass is 403 g/mol. The van der Waals surface area contributed by atoms with Crippen molar-refractivity contribution in [3.8, 4) is 5.75 Å². The van der Waals surface area contributed by atoms with E-state index in [2.05, 4.69) is 10.4 Å². The summed E-state index contributed by atoms with van der Waals surface area (Å²) in [4.78, 5) is 13.1. The van der Waals surface area contributed by atoms with Gasteiger partial charge in [0.2, 0.25) is 0 Å². The lowest BCUT2D eigenvalue weighted by atomic mass is 10.0. The lowest BCUT2D eigenvalue weighted by Crippen LogP contribution is -2.36. The summed E-state index contributed by atoms with van der Waals surface area (Å²) < 4.78 is 10.8. The molecule has 154 valence electrons. The molecular formula is C24H25N3O3. The van der Waals surface area contributed by atoms with E-state index in [1.807, 2.05) is 73.7 Å². The molecule has 3 aromatic rings. The predicted octanol–water partition coefficient (Wildman–Crippen LogP) is 4.32. The molecule has 30 heavy (non-hydrogen) atoms. The molecule has 1 amide bonds. The van der Waals surface area contributed by atoms with Gasteiger partial charge in [-0.05, 0) is 54.4 Å². The quantitative estimate of drug-likeness (QED) is 0.638. The Morgan fingerprint density at radius 1 is 1.17 bits per heavy atom. The summed E-state index contributed by atoms with van der Waals surface area (Å²) in [6, 6.07) is 21.3. The number of carbonyl (C=O) groups is 1. The Morgan fingerprint density at radius 2 is 1.93 bits per heavy atom. The molecule has 0 aliphatic carbocycles. The van der Waals surface area contributed by atoms with E-state index in [9.17, 15) is 4.79 Å². The van der Waals surface area contributed by atoms with E-state index in [1.54, 1.807) is 18.4 Å². The van der Waals surface area contributed by atoms with Crippen molar-refractivity contribution in [1.29, 1.82) is 0 Å². The zero-order chi connectivity index (χ0) is 20.9. The van der Waals surface area contributed by atoms with Crippen LogP contribution in [0.1, 0.15) is 42.3 Å². The minimum atomic E-state index is -0.251. The Balaban J connectivity index is 1.51. The topological polar surface area (TPSA) is 67.1 Å². The van der Waals surface area contributed by atoms with Crippen molar-refractivity contribution in [2.24, 2.45) is 5.10 Å². The first-order chi connectivity index (χ1) is 14.7. The molecule has 4 rings (SSSR count). The smallest absolute Gasteiger partial charge is 0.257 e. The molecule has 1 aromatic heterocycles. The normalized spacial score (nSPS) is 16.9. The highest BCUT2D eigenvalue weighted by Crippen LogP contribution is 2.33. The Morgan fingerprint density at radius 3 is 2.60 bits per heavy atom. The molecule has 0 unspecified atom stereocenters. The summed E-state index contributed by atoms with van der Waals surface area (Å²) in [5.41, 5.74) is 2.95. The van der Waals surface area contributed by atoms with Crippen molar-refractivity contribution in [3.63, 3.8) is 0 Å². The van der Waals surface area contributed by atoms with Crippen LogP contribution >= 0.6 is 0 Å². The fourth-order valence-corrected chi connectivity index (χ4v) is 3.58. The highest BCUT2D eigenvalue weighted by Gasteiger charge is 2.34. The summed E-state index contributed by atoms with van der Waals surface area (Å²) >= 11 is 0. The first-order valence-corrected chi connectivity index (χ1v) is 10.0. The van der Waals surface area contributed by atoms with Gasteiger partial charge in [0.1, 0.15) is 17.6 Å². The minimum absolute atomic E-state index is 0.0601. The van der Waals surface area contributed by atoms with E-state index >= 15 is 0 Å². The molecule has 6 nitrogen and oxygen atoms in total. The summed E-state index contributed by atoms with van der Waals surface area (Å²) in [6.07, 6.45) is 2.22. The van der Waals surface area contributed by atoms with Crippen molar-refractivity contribution in [2.45, 2.75) is 25.4 Å². The summed E-state index contributed by atoms with van der Waals surface area (Å²) in [5.74, 6) is 1.42. The van der Waals surface area contributed by atoms with Gasteiger partial charge in [0.15, 0.2) is 0 Å². The maximum atomic E-state index is 13.1. The second kappa shape index (κ2) is 8.97. The van der Waals surface area contributed by atoms with Gasteiger partial charge in [-0.2, -0.15) is 5.10 Å². The number of benzene rings is 2. The fraction of sp³-hybridized carbons (Fsp3) is 0.250. The average Bonchev–Trinajstić information content (AvgIpc) is 3.48. The lowest BCUT2D eigenvalue weighted by Gasteiger charge is -2.21. The number of hydrogen-bond donors (Lipinski definition) is 1. The van der Waals surface area contributed by atoms with Crippen LogP contribution in [-0.4, -0.2) is 30.3 Å². The first-order valence-electron chi connectivity index (χ1n) is 10.0. The Labute approximate surface area is 176 Å². The molecule has 0 fully saturated rings. The van der Waals surface area contributed by atoms with Crippen LogP contribution in [-0.2, 0) is 4.79 Å². The molecule has 1 aliphatic heterocycles. The van der Waals surface area contributed by atoms with Crippen LogP contribution < -0.4 is 10.1 Å². The molecule has 2 atom stereocenters. The van der Waals surface area contributed by atoms with Gasteiger partial charge in [0.05, 0.1) is 25.6 Å². The van der Waals surface area contributed by atoms with Crippen LogP contribution in [0.2, 0.25) is 0 Å². The molecule has 1 aliphatic rings. The number of carbonyl (C=O) groups excluding carboxylic acids is 1. The second-order valence-corrected chi connectivity index (χ2v) is 7.26. The molecule has 1 N–H and O–H groups in total. The SMILES string of the molecule is COc1ccc(C2=NN(C(=O)CN[C@H](C)c3ccccc3)[C@@H](c3ccco3)C2)cc1. The van der Waals surface area contributed by atoms with Crippen molar-refractivity contribution in [2.75, 3.05) is 13.7 Å². The second-order valence-electron chi connectivity index (χ2n) is 7.26. The van der Waals surface area contributed by atoms with E-state index in [0.29, 0.717) is 6.42 Å². The maximum absolute atomic E-state index is 13.1.